The van der Waals surface area contributed by atoms with Crippen molar-refractivity contribution in [2.45, 2.75) is 43.4 Å². The van der Waals surface area contributed by atoms with Gasteiger partial charge in [-0.3, -0.25) is 4.79 Å². The van der Waals surface area contributed by atoms with E-state index in [-0.39, 0.29) is 10.7 Å². The number of ketones is 1. The Balaban J connectivity index is 1.51. The van der Waals surface area contributed by atoms with Gasteiger partial charge in [-0.05, 0) is 75.0 Å². The molecular weight excluding hydrogens is 436 g/mol. The molecular formula is C23H29ClN2O4S. The molecule has 1 heterocycles. The van der Waals surface area contributed by atoms with Crippen LogP contribution in [0.25, 0.3) is 0 Å². The molecule has 2 aromatic rings. The zero-order valence-corrected chi connectivity index (χ0v) is 19.3. The summed E-state index contributed by atoms with van der Waals surface area (Å²) in [7, 11) is -1.91. The second kappa shape index (κ2) is 10.6. The lowest BCUT2D eigenvalue weighted by Crippen LogP contribution is -2.22. The third kappa shape index (κ3) is 6.53. The highest BCUT2D eigenvalue weighted by Gasteiger charge is 2.24. The molecule has 2 aromatic carbocycles. The lowest BCUT2D eigenvalue weighted by molar-refractivity contribution is 0.0977. The Morgan fingerprint density at radius 1 is 1.19 bits per heavy atom. The Morgan fingerprint density at radius 2 is 1.97 bits per heavy atom. The number of Topliss-reactive ketones (excluding diaryl/α,β-unsaturated/α-hetero) is 1. The fraction of sp³-hybridized carbons (Fsp3) is 0.435. The highest BCUT2D eigenvalue weighted by molar-refractivity contribution is 7.89. The van der Waals surface area contributed by atoms with Crippen molar-refractivity contribution in [3.8, 4) is 5.75 Å². The number of sulfonamides is 1. The first-order chi connectivity index (χ1) is 14.8. The SMILES string of the molecule is CN(CCCCC(=O)c1cc2c(c(S(N)(=O)=O)c1)OCCC2)CCc1ccccc1Cl. The number of nitrogens with zero attached hydrogens (tertiary/aromatic N) is 1. The second-order valence-electron chi connectivity index (χ2n) is 7.98. The minimum Gasteiger partial charge on any atom is -0.492 e. The monoisotopic (exact) mass is 464 g/mol. The maximum absolute atomic E-state index is 12.7. The molecule has 0 atom stereocenters. The standard InChI is InChI=1S/C23H29ClN2O4S/c1-26(13-11-17-7-2-3-9-20(17)24)12-5-4-10-21(27)19-15-18-8-6-14-30-23(18)22(16-19)31(25,28)29/h2-3,7,9,15-16H,4-6,8,10-14H2,1H3,(H2,25,28,29). The van der Waals surface area contributed by atoms with Gasteiger partial charge in [0.15, 0.2) is 5.78 Å². The molecule has 0 unspecified atom stereocenters. The van der Waals surface area contributed by atoms with E-state index in [0.717, 1.165) is 54.9 Å². The van der Waals surface area contributed by atoms with Crippen LogP contribution in [-0.2, 0) is 22.9 Å². The summed E-state index contributed by atoms with van der Waals surface area (Å²) in [6.07, 6.45) is 4.31. The highest BCUT2D eigenvalue weighted by atomic mass is 35.5. The predicted molar refractivity (Wildman–Crippen MR) is 122 cm³/mol. The number of halogens is 1. The van der Waals surface area contributed by atoms with Gasteiger partial charge in [0, 0.05) is 23.6 Å². The van der Waals surface area contributed by atoms with E-state index in [1.54, 1.807) is 6.07 Å². The molecule has 168 valence electrons. The normalized spacial score (nSPS) is 13.7. The number of rotatable bonds is 10. The highest BCUT2D eigenvalue weighted by Crippen LogP contribution is 2.33. The number of unbranched alkanes of at least 4 members (excludes halogenated alkanes) is 1. The first kappa shape index (κ1) is 23.7. The largest absolute Gasteiger partial charge is 0.492 e. The van der Waals surface area contributed by atoms with Crippen LogP contribution in [0.4, 0.5) is 0 Å². The average molecular weight is 465 g/mol. The van der Waals surface area contributed by atoms with E-state index in [1.807, 2.05) is 24.3 Å². The minimum absolute atomic E-state index is 0.0722. The van der Waals surface area contributed by atoms with E-state index >= 15 is 0 Å². The molecule has 0 fully saturated rings. The fourth-order valence-electron chi connectivity index (χ4n) is 3.75. The predicted octanol–water partition coefficient (Wildman–Crippen LogP) is 3.84. The Hall–Kier alpha value is -1.93. The molecule has 0 saturated heterocycles. The number of carbonyl (C=O) groups is 1. The smallest absolute Gasteiger partial charge is 0.241 e. The summed E-state index contributed by atoms with van der Waals surface area (Å²) in [4.78, 5) is 14.8. The second-order valence-corrected chi connectivity index (χ2v) is 9.92. The average Bonchev–Trinajstić information content (AvgIpc) is 2.74. The van der Waals surface area contributed by atoms with E-state index in [1.165, 1.54) is 6.07 Å². The number of fused-ring (bicyclic) bond motifs is 1. The number of benzene rings is 2. The molecule has 31 heavy (non-hydrogen) atoms. The molecule has 3 rings (SSSR count). The zero-order chi connectivity index (χ0) is 22.4. The van der Waals surface area contributed by atoms with Crippen LogP contribution in [0.15, 0.2) is 41.3 Å². The third-order valence-corrected chi connectivity index (χ3v) is 6.80. The summed E-state index contributed by atoms with van der Waals surface area (Å²) >= 11 is 6.20. The lowest BCUT2D eigenvalue weighted by atomic mass is 9.99. The van der Waals surface area contributed by atoms with Gasteiger partial charge < -0.3 is 9.64 Å². The summed E-state index contributed by atoms with van der Waals surface area (Å²) in [6.45, 7) is 2.21. The van der Waals surface area contributed by atoms with E-state index in [2.05, 4.69) is 11.9 Å². The number of ether oxygens (including phenoxy) is 1. The number of hydrogen-bond donors (Lipinski definition) is 1. The van der Waals surface area contributed by atoms with Gasteiger partial charge in [-0.2, -0.15) is 0 Å². The Kier molecular flexibility index (Phi) is 8.11. The van der Waals surface area contributed by atoms with Crippen LogP contribution in [0, 0.1) is 0 Å². The lowest BCUT2D eigenvalue weighted by Gasteiger charge is -2.20. The number of carbonyl (C=O) groups excluding carboxylic acids is 1. The summed E-state index contributed by atoms with van der Waals surface area (Å²) in [5.41, 5.74) is 2.26. The topological polar surface area (TPSA) is 89.7 Å². The van der Waals surface area contributed by atoms with Crippen molar-refractivity contribution in [2.24, 2.45) is 5.14 Å². The quantitative estimate of drug-likeness (QED) is 0.426. The number of primary sulfonamides is 1. The first-order valence-corrected chi connectivity index (χ1v) is 12.5. The molecule has 0 aliphatic carbocycles. The van der Waals surface area contributed by atoms with Gasteiger partial charge in [0.1, 0.15) is 10.6 Å². The fourth-order valence-corrected chi connectivity index (χ4v) is 4.72. The number of likely N-dealkylation sites (N-methyl/N-ethyl adjacent to an activating group) is 1. The van der Waals surface area contributed by atoms with Crippen LogP contribution in [0.5, 0.6) is 5.75 Å². The van der Waals surface area contributed by atoms with Gasteiger partial charge in [-0.25, -0.2) is 13.6 Å². The number of nitrogens with two attached hydrogens (primary N) is 1. The Morgan fingerprint density at radius 3 is 2.71 bits per heavy atom. The molecule has 0 bridgehead atoms. The number of hydrogen-bond acceptors (Lipinski definition) is 5. The van der Waals surface area contributed by atoms with Gasteiger partial charge >= 0.3 is 0 Å². The molecule has 0 amide bonds. The molecule has 2 N–H and O–H groups in total. The van der Waals surface area contributed by atoms with Crippen LogP contribution in [0.2, 0.25) is 5.02 Å². The molecule has 8 heteroatoms. The van der Waals surface area contributed by atoms with Gasteiger partial charge in [-0.1, -0.05) is 29.8 Å². The first-order valence-electron chi connectivity index (χ1n) is 10.5. The van der Waals surface area contributed by atoms with Crippen molar-refractivity contribution in [3.05, 3.63) is 58.1 Å². The van der Waals surface area contributed by atoms with Crippen molar-refractivity contribution in [3.63, 3.8) is 0 Å². The van der Waals surface area contributed by atoms with Crippen molar-refractivity contribution < 1.29 is 17.9 Å². The summed E-state index contributed by atoms with van der Waals surface area (Å²) in [5, 5.41) is 6.14. The maximum atomic E-state index is 12.7. The van der Waals surface area contributed by atoms with Gasteiger partial charge in [0.05, 0.1) is 6.61 Å². The van der Waals surface area contributed by atoms with Crippen molar-refractivity contribution >= 4 is 27.4 Å². The minimum atomic E-state index is -3.96. The van der Waals surface area contributed by atoms with E-state index in [0.29, 0.717) is 30.8 Å². The molecule has 1 aliphatic rings. The van der Waals surface area contributed by atoms with Crippen LogP contribution < -0.4 is 9.88 Å². The molecule has 0 aromatic heterocycles. The van der Waals surface area contributed by atoms with Crippen molar-refractivity contribution in [2.75, 3.05) is 26.7 Å². The van der Waals surface area contributed by atoms with Crippen LogP contribution in [0.3, 0.4) is 0 Å². The molecule has 0 radical (unpaired) electrons. The molecule has 0 spiro atoms. The van der Waals surface area contributed by atoms with Gasteiger partial charge in [0.2, 0.25) is 10.0 Å². The molecule has 6 nitrogen and oxygen atoms in total. The Labute approximate surface area is 189 Å². The number of aryl methyl sites for hydroxylation is 1. The van der Waals surface area contributed by atoms with Crippen LogP contribution >= 0.6 is 11.6 Å². The van der Waals surface area contributed by atoms with Gasteiger partial charge in [0.25, 0.3) is 0 Å². The maximum Gasteiger partial charge on any atom is 0.241 e. The van der Waals surface area contributed by atoms with Gasteiger partial charge in [-0.15, -0.1) is 0 Å². The summed E-state index contributed by atoms with van der Waals surface area (Å²) in [6, 6.07) is 11.0. The third-order valence-electron chi connectivity index (χ3n) is 5.51. The van der Waals surface area contributed by atoms with Crippen molar-refractivity contribution in [1.82, 2.24) is 4.90 Å². The zero-order valence-electron chi connectivity index (χ0n) is 17.8. The van der Waals surface area contributed by atoms with E-state index < -0.39 is 10.0 Å². The summed E-state index contributed by atoms with van der Waals surface area (Å²) < 4.78 is 29.5. The van der Waals surface area contributed by atoms with Crippen molar-refractivity contribution in [1.29, 1.82) is 0 Å². The van der Waals surface area contributed by atoms with Crippen LogP contribution in [-0.4, -0.2) is 45.8 Å². The van der Waals surface area contributed by atoms with Crippen LogP contribution in [0.1, 0.15) is 47.2 Å². The molecule has 1 aliphatic heterocycles. The Bertz CT molecular complexity index is 1040. The van der Waals surface area contributed by atoms with E-state index in [4.69, 9.17) is 21.5 Å². The molecule has 0 saturated carbocycles. The summed E-state index contributed by atoms with van der Waals surface area (Å²) in [5.74, 6) is 0.224. The van der Waals surface area contributed by atoms with E-state index in [9.17, 15) is 13.2 Å².